The minimum atomic E-state index is 0. The molecule has 0 radical (unpaired) electrons. The zero-order valence-electron chi connectivity index (χ0n) is 15.2. The van der Waals surface area contributed by atoms with Gasteiger partial charge in [0.1, 0.15) is 23.0 Å². The van der Waals surface area contributed by atoms with Crippen LogP contribution < -0.4 is 9.47 Å². The van der Waals surface area contributed by atoms with Gasteiger partial charge in [-0.2, -0.15) is 0 Å². The summed E-state index contributed by atoms with van der Waals surface area (Å²) in [5, 5.41) is 0. The summed E-state index contributed by atoms with van der Waals surface area (Å²) < 4.78 is 15.4. The molecule has 1 aliphatic heterocycles. The fourth-order valence-electron chi connectivity index (χ4n) is 3.29. The van der Waals surface area contributed by atoms with Gasteiger partial charge in [-0.25, -0.2) is 9.97 Å². The van der Waals surface area contributed by atoms with Crippen molar-refractivity contribution in [1.82, 2.24) is 19.1 Å². The number of methoxy groups -OCH3 is 1. The minimum Gasteiger partial charge on any atom is -0.497 e. The number of ether oxygens (including phenoxy) is 2. The van der Waals surface area contributed by atoms with E-state index in [1.807, 2.05) is 49.3 Å². The van der Waals surface area contributed by atoms with Gasteiger partial charge in [0.05, 0.1) is 13.7 Å². The molecule has 0 saturated carbocycles. The number of imidazole rings is 2. The molecule has 0 bridgehead atoms. The van der Waals surface area contributed by atoms with Crippen molar-refractivity contribution >= 4 is 12.4 Å². The van der Waals surface area contributed by atoms with E-state index >= 15 is 0 Å². The van der Waals surface area contributed by atoms with Crippen molar-refractivity contribution in [3.05, 3.63) is 48.2 Å². The van der Waals surface area contributed by atoms with Crippen LogP contribution in [0, 0.1) is 12.8 Å². The van der Waals surface area contributed by atoms with Crippen LogP contribution in [0.25, 0.3) is 11.5 Å². The lowest BCUT2D eigenvalue weighted by Crippen LogP contribution is -2.25. The van der Waals surface area contributed by atoms with Crippen molar-refractivity contribution in [2.75, 3.05) is 13.7 Å². The summed E-state index contributed by atoms with van der Waals surface area (Å²) in [6.45, 7) is 3.55. The number of fused-ring (bicyclic) bond motifs is 1. The van der Waals surface area contributed by atoms with Crippen molar-refractivity contribution in [1.29, 1.82) is 0 Å². The number of aromatic nitrogens is 4. The maximum atomic E-state index is 5.96. The highest BCUT2D eigenvalue weighted by Gasteiger charge is 2.22. The van der Waals surface area contributed by atoms with Crippen LogP contribution in [-0.4, -0.2) is 32.8 Å². The third-order valence-electron chi connectivity index (χ3n) is 4.77. The molecule has 1 atom stereocenters. The van der Waals surface area contributed by atoms with Crippen LogP contribution in [0.4, 0.5) is 0 Å². The van der Waals surface area contributed by atoms with Gasteiger partial charge >= 0.3 is 0 Å². The molecule has 6 nitrogen and oxygen atoms in total. The van der Waals surface area contributed by atoms with Crippen molar-refractivity contribution in [3.63, 3.8) is 0 Å². The molecular weight excluding hydrogens is 352 g/mol. The van der Waals surface area contributed by atoms with Gasteiger partial charge in [-0.05, 0) is 25.0 Å². The van der Waals surface area contributed by atoms with E-state index in [9.17, 15) is 0 Å². The molecule has 0 aliphatic carbocycles. The van der Waals surface area contributed by atoms with Crippen LogP contribution >= 0.6 is 12.4 Å². The number of hydrogen-bond donors (Lipinski definition) is 0. The molecule has 7 heteroatoms. The van der Waals surface area contributed by atoms with Gasteiger partial charge in [-0.15, -0.1) is 12.4 Å². The molecule has 3 heterocycles. The summed E-state index contributed by atoms with van der Waals surface area (Å²) in [5.41, 5.74) is 2.14. The number of aryl methyl sites for hydroxylation is 2. The summed E-state index contributed by atoms with van der Waals surface area (Å²) in [6, 6.07) is 6.05. The molecule has 1 aromatic carbocycles. The Kier molecular flexibility index (Phi) is 5.23. The first-order valence-electron chi connectivity index (χ1n) is 8.45. The van der Waals surface area contributed by atoms with Gasteiger partial charge in [-0.1, -0.05) is 6.07 Å². The van der Waals surface area contributed by atoms with E-state index in [0.29, 0.717) is 12.5 Å². The number of rotatable bonds is 4. The number of hydrogen-bond acceptors (Lipinski definition) is 4. The van der Waals surface area contributed by atoms with Gasteiger partial charge < -0.3 is 18.6 Å². The van der Waals surface area contributed by atoms with Crippen LogP contribution in [0.1, 0.15) is 11.4 Å². The zero-order chi connectivity index (χ0) is 17.4. The van der Waals surface area contributed by atoms with E-state index in [1.165, 1.54) is 5.56 Å². The predicted octanol–water partition coefficient (Wildman–Crippen LogP) is 3.27. The van der Waals surface area contributed by atoms with Gasteiger partial charge in [0.25, 0.3) is 0 Å². The first kappa shape index (κ1) is 18.3. The van der Waals surface area contributed by atoms with Gasteiger partial charge in [-0.3, -0.25) is 0 Å². The molecule has 2 aromatic heterocycles. The molecule has 0 amide bonds. The Morgan fingerprint density at radius 2 is 2.19 bits per heavy atom. The van der Waals surface area contributed by atoms with Crippen LogP contribution in [0.5, 0.6) is 11.5 Å². The summed E-state index contributed by atoms with van der Waals surface area (Å²) in [5.74, 6) is 4.05. The summed E-state index contributed by atoms with van der Waals surface area (Å²) in [4.78, 5) is 9.10. The Morgan fingerprint density at radius 1 is 1.35 bits per heavy atom. The third-order valence-corrected chi connectivity index (χ3v) is 4.77. The van der Waals surface area contributed by atoms with E-state index in [4.69, 9.17) is 9.47 Å². The Morgan fingerprint density at radius 3 is 2.92 bits per heavy atom. The maximum Gasteiger partial charge on any atom is 0.160 e. The topological polar surface area (TPSA) is 54.1 Å². The third kappa shape index (κ3) is 3.42. The first-order valence-corrected chi connectivity index (χ1v) is 8.45. The SMILES string of the molecule is COc1ccc2c(c1)OCC(Cn1ccnc1-c1cn(C)c(C)n1)C2.Cl. The molecule has 3 aromatic rings. The smallest absolute Gasteiger partial charge is 0.160 e. The Hall–Kier alpha value is -2.47. The largest absolute Gasteiger partial charge is 0.497 e. The monoisotopic (exact) mass is 374 g/mol. The number of halogens is 1. The van der Waals surface area contributed by atoms with Crippen molar-refractivity contribution in [3.8, 4) is 23.0 Å². The fraction of sp³-hybridized carbons (Fsp3) is 0.368. The lowest BCUT2D eigenvalue weighted by Gasteiger charge is -2.26. The van der Waals surface area contributed by atoms with Crippen LogP contribution in [0.15, 0.2) is 36.8 Å². The minimum absolute atomic E-state index is 0. The standard InChI is InChI=1S/C19H22N4O2.ClH/c1-13-21-17(11-22(13)2)19-20-6-7-23(19)10-14-8-15-4-5-16(24-3)9-18(15)25-12-14;/h4-7,9,11,14H,8,10,12H2,1-3H3;1H. The van der Waals surface area contributed by atoms with Crippen LogP contribution in [0.2, 0.25) is 0 Å². The Labute approximate surface area is 159 Å². The second-order valence-electron chi connectivity index (χ2n) is 6.54. The van der Waals surface area contributed by atoms with Crippen molar-refractivity contribution in [2.45, 2.75) is 19.9 Å². The molecule has 0 fully saturated rings. The Bertz CT molecular complexity index is 883. The molecule has 1 unspecified atom stereocenters. The quantitative estimate of drug-likeness (QED) is 0.703. The second kappa shape index (κ2) is 7.41. The van der Waals surface area contributed by atoms with E-state index in [2.05, 4.69) is 20.6 Å². The fourth-order valence-corrected chi connectivity index (χ4v) is 3.29. The van der Waals surface area contributed by atoms with E-state index in [-0.39, 0.29) is 12.4 Å². The highest BCUT2D eigenvalue weighted by Crippen LogP contribution is 2.32. The van der Waals surface area contributed by atoms with Gasteiger partial charge in [0, 0.05) is 44.2 Å². The van der Waals surface area contributed by atoms with Gasteiger partial charge in [0.15, 0.2) is 5.82 Å². The van der Waals surface area contributed by atoms with Crippen LogP contribution in [0.3, 0.4) is 0 Å². The lowest BCUT2D eigenvalue weighted by molar-refractivity contribution is 0.206. The molecular formula is C19H23ClN4O2. The average molecular weight is 375 g/mol. The second-order valence-corrected chi connectivity index (χ2v) is 6.54. The molecule has 0 saturated heterocycles. The van der Waals surface area contributed by atoms with Gasteiger partial charge in [0.2, 0.25) is 0 Å². The van der Waals surface area contributed by atoms with E-state index < -0.39 is 0 Å². The highest BCUT2D eigenvalue weighted by molar-refractivity contribution is 5.85. The van der Waals surface area contributed by atoms with Crippen molar-refractivity contribution in [2.24, 2.45) is 13.0 Å². The van der Waals surface area contributed by atoms with Crippen molar-refractivity contribution < 1.29 is 9.47 Å². The molecule has 0 N–H and O–H groups in total. The highest BCUT2D eigenvalue weighted by atomic mass is 35.5. The molecule has 0 spiro atoms. The average Bonchev–Trinajstić information content (AvgIpc) is 3.21. The zero-order valence-corrected chi connectivity index (χ0v) is 16.0. The lowest BCUT2D eigenvalue weighted by atomic mass is 9.96. The normalized spacial score (nSPS) is 15.7. The van der Waals surface area contributed by atoms with E-state index in [1.54, 1.807) is 7.11 Å². The molecule has 138 valence electrons. The van der Waals surface area contributed by atoms with E-state index in [0.717, 1.165) is 41.8 Å². The summed E-state index contributed by atoms with van der Waals surface area (Å²) in [7, 11) is 3.67. The first-order chi connectivity index (χ1) is 12.1. The maximum absolute atomic E-state index is 5.96. The Balaban J connectivity index is 0.00000196. The number of benzene rings is 1. The molecule has 4 rings (SSSR count). The molecule has 1 aliphatic rings. The summed E-state index contributed by atoms with van der Waals surface area (Å²) >= 11 is 0. The molecule has 26 heavy (non-hydrogen) atoms. The van der Waals surface area contributed by atoms with Crippen LogP contribution in [-0.2, 0) is 20.0 Å². The predicted molar refractivity (Wildman–Crippen MR) is 102 cm³/mol. The number of nitrogens with zero attached hydrogens (tertiary/aromatic N) is 4. The summed E-state index contributed by atoms with van der Waals surface area (Å²) in [6.07, 6.45) is 6.86.